The Balaban J connectivity index is 3.16. The number of ether oxygens (including phenoxy) is 1. The maximum Gasteiger partial charge on any atom is 0.340 e. The van der Waals surface area contributed by atoms with Gasteiger partial charge >= 0.3 is 5.97 Å². The first-order valence-corrected chi connectivity index (χ1v) is 7.16. The van der Waals surface area contributed by atoms with Gasteiger partial charge in [-0.2, -0.15) is 0 Å². The quantitative estimate of drug-likeness (QED) is 0.777. The molecule has 0 aromatic carbocycles. The number of pyridine rings is 1. The Labute approximate surface area is 121 Å². The third-order valence-electron chi connectivity index (χ3n) is 3.52. The predicted octanol–water partition coefficient (Wildman–Crippen LogP) is 2.86. The van der Waals surface area contributed by atoms with E-state index in [0.717, 1.165) is 25.8 Å². The summed E-state index contributed by atoms with van der Waals surface area (Å²) in [7, 11) is 1.35. The molecule has 1 unspecified atom stereocenters. The fourth-order valence-corrected chi connectivity index (χ4v) is 2.06. The van der Waals surface area contributed by atoms with Gasteiger partial charge in [-0.25, -0.2) is 9.78 Å². The van der Waals surface area contributed by atoms with Gasteiger partial charge in [-0.15, -0.1) is 0 Å². The van der Waals surface area contributed by atoms with E-state index in [-0.39, 0.29) is 0 Å². The second-order valence-corrected chi connectivity index (χ2v) is 4.89. The molecule has 1 aromatic heterocycles. The van der Waals surface area contributed by atoms with Crippen LogP contribution in [-0.2, 0) is 4.74 Å². The molecule has 1 heterocycles. The SMILES string of the molecule is CCCCN(c1nccc(C(=O)OC)c1N)C(C)CC. The summed E-state index contributed by atoms with van der Waals surface area (Å²) in [5.74, 6) is 0.251. The molecule has 1 rings (SSSR count). The van der Waals surface area contributed by atoms with E-state index in [1.807, 2.05) is 0 Å². The Kier molecular flexibility index (Phi) is 6.28. The largest absolute Gasteiger partial charge is 0.465 e. The van der Waals surface area contributed by atoms with Crippen molar-refractivity contribution in [1.29, 1.82) is 0 Å². The van der Waals surface area contributed by atoms with Gasteiger partial charge < -0.3 is 15.4 Å². The Hall–Kier alpha value is -1.78. The van der Waals surface area contributed by atoms with E-state index in [4.69, 9.17) is 10.5 Å². The maximum absolute atomic E-state index is 11.7. The van der Waals surface area contributed by atoms with Crippen LogP contribution >= 0.6 is 0 Å². The molecular formula is C15H25N3O2. The van der Waals surface area contributed by atoms with Crippen LogP contribution in [0.15, 0.2) is 12.3 Å². The highest BCUT2D eigenvalue weighted by molar-refractivity contribution is 5.97. The Morgan fingerprint density at radius 1 is 1.50 bits per heavy atom. The summed E-state index contributed by atoms with van der Waals surface area (Å²) < 4.78 is 4.75. The van der Waals surface area contributed by atoms with Crippen molar-refractivity contribution in [1.82, 2.24) is 4.98 Å². The number of aromatic nitrogens is 1. The van der Waals surface area contributed by atoms with E-state index in [9.17, 15) is 4.79 Å². The summed E-state index contributed by atoms with van der Waals surface area (Å²) in [5.41, 5.74) is 6.90. The van der Waals surface area contributed by atoms with Gasteiger partial charge in [-0.05, 0) is 25.8 Å². The topological polar surface area (TPSA) is 68.5 Å². The highest BCUT2D eigenvalue weighted by Crippen LogP contribution is 2.27. The summed E-state index contributed by atoms with van der Waals surface area (Å²) >= 11 is 0. The molecule has 0 radical (unpaired) electrons. The number of anilines is 2. The summed E-state index contributed by atoms with van der Waals surface area (Å²) in [6.45, 7) is 7.30. The van der Waals surface area contributed by atoms with E-state index < -0.39 is 5.97 Å². The highest BCUT2D eigenvalue weighted by Gasteiger charge is 2.20. The lowest BCUT2D eigenvalue weighted by Crippen LogP contribution is -2.35. The van der Waals surface area contributed by atoms with Crippen molar-refractivity contribution < 1.29 is 9.53 Å². The van der Waals surface area contributed by atoms with Crippen LogP contribution < -0.4 is 10.6 Å². The van der Waals surface area contributed by atoms with Crippen LogP contribution in [0.1, 0.15) is 50.4 Å². The van der Waals surface area contributed by atoms with Crippen molar-refractivity contribution in [2.75, 3.05) is 24.3 Å². The van der Waals surface area contributed by atoms with E-state index >= 15 is 0 Å². The van der Waals surface area contributed by atoms with E-state index in [0.29, 0.717) is 23.1 Å². The van der Waals surface area contributed by atoms with Gasteiger partial charge in [0, 0.05) is 18.8 Å². The zero-order valence-corrected chi connectivity index (χ0v) is 12.8. The average molecular weight is 279 g/mol. The molecule has 0 saturated carbocycles. The third kappa shape index (κ3) is 3.62. The molecule has 5 heteroatoms. The standard InChI is InChI=1S/C15H25N3O2/c1-5-7-10-18(11(3)6-2)14-13(16)12(8-9-17-14)15(19)20-4/h8-9,11H,5-7,10,16H2,1-4H3. The van der Waals surface area contributed by atoms with Gasteiger partial charge in [0.25, 0.3) is 0 Å². The van der Waals surface area contributed by atoms with Gasteiger partial charge in [0.05, 0.1) is 18.4 Å². The molecule has 112 valence electrons. The van der Waals surface area contributed by atoms with Crippen molar-refractivity contribution in [3.63, 3.8) is 0 Å². The molecule has 0 aliphatic carbocycles. The van der Waals surface area contributed by atoms with Crippen molar-refractivity contribution in [2.45, 2.75) is 46.1 Å². The number of nitrogen functional groups attached to an aromatic ring is 1. The number of esters is 1. The first kappa shape index (κ1) is 16.3. The minimum Gasteiger partial charge on any atom is -0.465 e. The second-order valence-electron chi connectivity index (χ2n) is 4.89. The number of unbranched alkanes of at least 4 members (excludes halogenated alkanes) is 1. The number of hydrogen-bond acceptors (Lipinski definition) is 5. The highest BCUT2D eigenvalue weighted by atomic mass is 16.5. The molecule has 0 saturated heterocycles. The number of hydrogen-bond donors (Lipinski definition) is 1. The summed E-state index contributed by atoms with van der Waals surface area (Å²) in [6, 6.07) is 1.92. The predicted molar refractivity (Wildman–Crippen MR) is 82.0 cm³/mol. The first-order chi connectivity index (χ1) is 9.56. The summed E-state index contributed by atoms with van der Waals surface area (Å²) in [6.07, 6.45) is 4.77. The second kappa shape index (κ2) is 7.72. The van der Waals surface area contributed by atoms with Crippen LogP contribution in [0.3, 0.4) is 0 Å². The fraction of sp³-hybridized carbons (Fsp3) is 0.600. The lowest BCUT2D eigenvalue weighted by molar-refractivity contribution is 0.0602. The zero-order chi connectivity index (χ0) is 15.1. The van der Waals surface area contributed by atoms with Gasteiger partial charge in [0.1, 0.15) is 0 Å². The molecule has 0 aliphatic rings. The van der Waals surface area contributed by atoms with Crippen LogP contribution in [0.4, 0.5) is 11.5 Å². The van der Waals surface area contributed by atoms with Gasteiger partial charge in [0.2, 0.25) is 0 Å². The number of carbonyl (C=O) groups excluding carboxylic acids is 1. The van der Waals surface area contributed by atoms with Crippen molar-refractivity contribution in [2.24, 2.45) is 0 Å². The fourth-order valence-electron chi connectivity index (χ4n) is 2.06. The molecular weight excluding hydrogens is 254 g/mol. The Bertz CT molecular complexity index is 449. The molecule has 1 aromatic rings. The molecule has 5 nitrogen and oxygen atoms in total. The minimum absolute atomic E-state index is 0.323. The van der Waals surface area contributed by atoms with Crippen LogP contribution in [0.5, 0.6) is 0 Å². The Morgan fingerprint density at radius 2 is 2.20 bits per heavy atom. The number of rotatable bonds is 7. The van der Waals surface area contributed by atoms with Crippen LogP contribution in [0.2, 0.25) is 0 Å². The lowest BCUT2D eigenvalue weighted by Gasteiger charge is -2.31. The van der Waals surface area contributed by atoms with E-state index in [1.165, 1.54) is 7.11 Å². The van der Waals surface area contributed by atoms with Crippen LogP contribution in [0, 0.1) is 0 Å². The van der Waals surface area contributed by atoms with Crippen molar-refractivity contribution in [3.8, 4) is 0 Å². The number of nitrogens with two attached hydrogens (primary N) is 1. The third-order valence-corrected chi connectivity index (χ3v) is 3.52. The smallest absolute Gasteiger partial charge is 0.340 e. The van der Waals surface area contributed by atoms with E-state index in [1.54, 1.807) is 12.3 Å². The summed E-state index contributed by atoms with van der Waals surface area (Å²) in [4.78, 5) is 18.3. The molecule has 0 spiro atoms. The minimum atomic E-state index is -0.425. The number of carbonyl (C=O) groups is 1. The van der Waals surface area contributed by atoms with Crippen LogP contribution in [-0.4, -0.2) is 30.6 Å². The molecule has 0 fully saturated rings. The van der Waals surface area contributed by atoms with Gasteiger partial charge in [-0.1, -0.05) is 20.3 Å². The lowest BCUT2D eigenvalue weighted by atomic mass is 10.1. The molecule has 2 N–H and O–H groups in total. The molecule has 0 aliphatic heterocycles. The molecule has 20 heavy (non-hydrogen) atoms. The number of methoxy groups -OCH3 is 1. The molecule has 0 bridgehead atoms. The first-order valence-electron chi connectivity index (χ1n) is 7.16. The van der Waals surface area contributed by atoms with Gasteiger partial charge in [-0.3, -0.25) is 0 Å². The average Bonchev–Trinajstić information content (AvgIpc) is 2.47. The normalized spacial score (nSPS) is 12.0. The summed E-state index contributed by atoms with van der Waals surface area (Å²) in [5, 5.41) is 0. The maximum atomic E-state index is 11.7. The number of nitrogens with zero attached hydrogens (tertiary/aromatic N) is 2. The molecule has 1 atom stereocenters. The zero-order valence-electron chi connectivity index (χ0n) is 12.8. The molecule has 0 amide bonds. The Morgan fingerprint density at radius 3 is 2.75 bits per heavy atom. The van der Waals surface area contributed by atoms with E-state index in [2.05, 4.69) is 30.7 Å². The van der Waals surface area contributed by atoms with Crippen molar-refractivity contribution in [3.05, 3.63) is 17.8 Å². The monoisotopic (exact) mass is 279 g/mol. The van der Waals surface area contributed by atoms with Crippen LogP contribution in [0.25, 0.3) is 0 Å². The van der Waals surface area contributed by atoms with Crippen molar-refractivity contribution >= 4 is 17.5 Å². The van der Waals surface area contributed by atoms with Gasteiger partial charge in [0.15, 0.2) is 5.82 Å².